The summed E-state index contributed by atoms with van der Waals surface area (Å²) in [5.74, 6) is 0.0323. The van der Waals surface area contributed by atoms with E-state index in [1.165, 1.54) is 0 Å². The molecule has 17 heavy (non-hydrogen) atoms. The molecule has 86 valence electrons. The Bertz CT molecular complexity index is 605. The maximum absolute atomic E-state index is 11.6. The molecule has 1 aromatic heterocycles. The van der Waals surface area contributed by atoms with E-state index in [4.69, 9.17) is 5.26 Å². The average Bonchev–Trinajstić information content (AvgIpc) is 2.72. The molecular formula is C13H13N3O. The molecule has 2 rings (SSSR count). The lowest BCUT2D eigenvalue weighted by Crippen LogP contribution is -2.25. The summed E-state index contributed by atoms with van der Waals surface area (Å²) in [6, 6.07) is 9.55. The van der Waals surface area contributed by atoms with Gasteiger partial charge in [0, 0.05) is 31.2 Å². The number of carbonyl (C=O) groups is 1. The van der Waals surface area contributed by atoms with E-state index in [0.717, 1.165) is 10.9 Å². The normalized spacial score (nSPS) is 10.2. The van der Waals surface area contributed by atoms with Crippen molar-refractivity contribution in [3.05, 3.63) is 36.0 Å². The molecule has 0 saturated carbocycles. The zero-order chi connectivity index (χ0) is 12.4. The van der Waals surface area contributed by atoms with E-state index in [2.05, 4.69) is 6.07 Å². The summed E-state index contributed by atoms with van der Waals surface area (Å²) in [6.45, 7) is 0.297. The van der Waals surface area contributed by atoms with E-state index in [-0.39, 0.29) is 5.91 Å². The third-order valence-corrected chi connectivity index (χ3v) is 2.74. The van der Waals surface area contributed by atoms with Crippen LogP contribution >= 0.6 is 0 Å². The Labute approximate surface area is 99.7 Å². The Balaban J connectivity index is 2.44. The van der Waals surface area contributed by atoms with E-state index in [9.17, 15) is 4.79 Å². The van der Waals surface area contributed by atoms with Gasteiger partial charge < -0.3 is 9.47 Å². The topological polar surface area (TPSA) is 49.0 Å². The Morgan fingerprint density at radius 1 is 1.41 bits per heavy atom. The first-order valence-electron chi connectivity index (χ1n) is 5.31. The van der Waals surface area contributed by atoms with Gasteiger partial charge in [0.05, 0.1) is 11.6 Å². The second-order valence-electron chi connectivity index (χ2n) is 4.08. The van der Waals surface area contributed by atoms with Crippen LogP contribution in [0.5, 0.6) is 0 Å². The molecule has 2 aromatic rings. The van der Waals surface area contributed by atoms with Crippen LogP contribution in [0.4, 0.5) is 0 Å². The fourth-order valence-electron chi connectivity index (χ4n) is 1.75. The van der Waals surface area contributed by atoms with Crippen molar-refractivity contribution in [1.29, 1.82) is 5.26 Å². The standard InChI is InChI=1S/C13H13N3O/c1-15(2)13(17)9-16-7-6-11-10(8-14)4-3-5-12(11)16/h3-7H,9H2,1-2H3. The molecule has 0 aliphatic heterocycles. The molecular weight excluding hydrogens is 214 g/mol. The van der Waals surface area contributed by atoms with Gasteiger partial charge in [0.15, 0.2) is 0 Å². The molecule has 0 aliphatic rings. The van der Waals surface area contributed by atoms with Crippen LogP contribution in [-0.2, 0) is 11.3 Å². The number of likely N-dealkylation sites (N-methyl/N-ethyl adjacent to an activating group) is 1. The highest BCUT2D eigenvalue weighted by molar-refractivity contribution is 5.87. The van der Waals surface area contributed by atoms with Crippen LogP contribution in [0.3, 0.4) is 0 Å². The van der Waals surface area contributed by atoms with Crippen molar-refractivity contribution in [2.75, 3.05) is 14.1 Å². The molecule has 0 bridgehead atoms. The van der Waals surface area contributed by atoms with Gasteiger partial charge in [-0.2, -0.15) is 5.26 Å². The van der Waals surface area contributed by atoms with E-state index in [1.807, 2.05) is 29.0 Å². The fraction of sp³-hybridized carbons (Fsp3) is 0.231. The minimum atomic E-state index is 0.0323. The maximum atomic E-state index is 11.6. The second kappa shape index (κ2) is 4.30. The number of nitrogens with zero attached hydrogens (tertiary/aromatic N) is 3. The quantitative estimate of drug-likeness (QED) is 0.782. The second-order valence-corrected chi connectivity index (χ2v) is 4.08. The van der Waals surface area contributed by atoms with Gasteiger partial charge in [-0.3, -0.25) is 4.79 Å². The smallest absolute Gasteiger partial charge is 0.241 e. The molecule has 4 heteroatoms. The third kappa shape index (κ3) is 2.00. The van der Waals surface area contributed by atoms with Crippen LogP contribution in [0.2, 0.25) is 0 Å². The lowest BCUT2D eigenvalue weighted by atomic mass is 10.1. The molecule has 0 spiro atoms. The lowest BCUT2D eigenvalue weighted by Gasteiger charge is -2.11. The van der Waals surface area contributed by atoms with Crippen molar-refractivity contribution >= 4 is 16.8 Å². The van der Waals surface area contributed by atoms with Gasteiger partial charge in [0.2, 0.25) is 5.91 Å². The molecule has 0 radical (unpaired) electrons. The van der Waals surface area contributed by atoms with Gasteiger partial charge in [-0.1, -0.05) is 6.07 Å². The van der Waals surface area contributed by atoms with E-state index in [1.54, 1.807) is 25.1 Å². The molecule has 0 atom stereocenters. The monoisotopic (exact) mass is 227 g/mol. The molecule has 1 heterocycles. The first-order valence-corrected chi connectivity index (χ1v) is 5.31. The van der Waals surface area contributed by atoms with Crippen molar-refractivity contribution < 1.29 is 4.79 Å². The number of carbonyl (C=O) groups excluding carboxylic acids is 1. The molecule has 1 aromatic carbocycles. The van der Waals surface area contributed by atoms with Crippen molar-refractivity contribution in [3.8, 4) is 6.07 Å². The summed E-state index contributed by atoms with van der Waals surface area (Å²) in [6.07, 6.45) is 1.84. The summed E-state index contributed by atoms with van der Waals surface area (Å²) in [4.78, 5) is 13.2. The van der Waals surface area contributed by atoms with Crippen LogP contribution in [-0.4, -0.2) is 29.5 Å². The Morgan fingerprint density at radius 2 is 2.18 bits per heavy atom. The van der Waals surface area contributed by atoms with Crippen LogP contribution in [0.25, 0.3) is 10.9 Å². The highest BCUT2D eigenvalue weighted by Crippen LogP contribution is 2.19. The van der Waals surface area contributed by atoms with Crippen LogP contribution in [0.15, 0.2) is 30.5 Å². The van der Waals surface area contributed by atoms with Crippen molar-refractivity contribution in [2.45, 2.75) is 6.54 Å². The molecule has 0 saturated heterocycles. The lowest BCUT2D eigenvalue weighted by molar-refractivity contribution is -0.129. The summed E-state index contributed by atoms with van der Waals surface area (Å²) in [7, 11) is 3.46. The van der Waals surface area contributed by atoms with Crippen molar-refractivity contribution in [1.82, 2.24) is 9.47 Å². The zero-order valence-electron chi connectivity index (χ0n) is 9.84. The predicted molar refractivity (Wildman–Crippen MR) is 65.3 cm³/mol. The van der Waals surface area contributed by atoms with E-state index < -0.39 is 0 Å². The number of aromatic nitrogens is 1. The Kier molecular flexibility index (Phi) is 2.84. The molecule has 1 amide bonds. The third-order valence-electron chi connectivity index (χ3n) is 2.74. The molecule has 0 fully saturated rings. The summed E-state index contributed by atoms with van der Waals surface area (Å²) in [5.41, 5.74) is 1.55. The van der Waals surface area contributed by atoms with Gasteiger partial charge >= 0.3 is 0 Å². The zero-order valence-corrected chi connectivity index (χ0v) is 9.84. The first kappa shape index (κ1) is 11.2. The van der Waals surface area contributed by atoms with E-state index >= 15 is 0 Å². The van der Waals surface area contributed by atoms with Crippen LogP contribution in [0, 0.1) is 11.3 Å². The number of hydrogen-bond acceptors (Lipinski definition) is 2. The highest BCUT2D eigenvalue weighted by Gasteiger charge is 2.09. The SMILES string of the molecule is CN(C)C(=O)Cn1ccc2c(C#N)cccc21. The molecule has 0 aliphatic carbocycles. The van der Waals surface area contributed by atoms with Crippen LogP contribution < -0.4 is 0 Å². The largest absolute Gasteiger partial charge is 0.347 e. The number of hydrogen-bond donors (Lipinski definition) is 0. The molecule has 4 nitrogen and oxygen atoms in total. The van der Waals surface area contributed by atoms with Gasteiger partial charge in [-0.15, -0.1) is 0 Å². The number of benzene rings is 1. The first-order chi connectivity index (χ1) is 8.13. The van der Waals surface area contributed by atoms with Gasteiger partial charge in [-0.05, 0) is 18.2 Å². The number of amides is 1. The predicted octanol–water partition coefficient (Wildman–Crippen LogP) is 1.60. The number of fused-ring (bicyclic) bond motifs is 1. The summed E-state index contributed by atoms with van der Waals surface area (Å²) in [5, 5.41) is 9.87. The number of rotatable bonds is 2. The minimum absolute atomic E-state index is 0.0323. The average molecular weight is 227 g/mol. The molecule has 0 unspecified atom stereocenters. The summed E-state index contributed by atoms with van der Waals surface area (Å²) < 4.78 is 1.86. The van der Waals surface area contributed by atoms with Gasteiger partial charge in [0.1, 0.15) is 6.54 Å². The van der Waals surface area contributed by atoms with Gasteiger partial charge in [0.25, 0.3) is 0 Å². The summed E-state index contributed by atoms with van der Waals surface area (Å²) >= 11 is 0. The van der Waals surface area contributed by atoms with Crippen molar-refractivity contribution in [3.63, 3.8) is 0 Å². The fourth-order valence-corrected chi connectivity index (χ4v) is 1.75. The Hall–Kier alpha value is -2.28. The van der Waals surface area contributed by atoms with E-state index in [0.29, 0.717) is 12.1 Å². The Morgan fingerprint density at radius 3 is 2.82 bits per heavy atom. The minimum Gasteiger partial charge on any atom is -0.347 e. The maximum Gasteiger partial charge on any atom is 0.241 e. The van der Waals surface area contributed by atoms with Crippen molar-refractivity contribution in [2.24, 2.45) is 0 Å². The van der Waals surface area contributed by atoms with Crippen LogP contribution in [0.1, 0.15) is 5.56 Å². The van der Waals surface area contributed by atoms with Gasteiger partial charge in [-0.25, -0.2) is 0 Å². The molecule has 0 N–H and O–H groups in total. The number of nitriles is 1. The highest BCUT2D eigenvalue weighted by atomic mass is 16.2.